The molecule has 4 N–H and O–H groups in total. The van der Waals surface area contributed by atoms with Crippen LogP contribution in [0.4, 0.5) is 0 Å². The average Bonchev–Trinajstić information content (AvgIpc) is 3.23. The molecule has 0 aromatic heterocycles. The number of hydrogen-bond acceptors (Lipinski definition) is 10. The summed E-state index contributed by atoms with van der Waals surface area (Å²) in [7, 11) is 0. The van der Waals surface area contributed by atoms with Crippen LogP contribution in [0.3, 0.4) is 0 Å². The van der Waals surface area contributed by atoms with Crippen molar-refractivity contribution in [1.29, 1.82) is 0 Å². The Morgan fingerprint density at radius 2 is 1.12 bits per heavy atom. The van der Waals surface area contributed by atoms with Crippen molar-refractivity contribution >= 4 is 11.9 Å². The molecule has 59 heavy (non-hydrogen) atoms. The van der Waals surface area contributed by atoms with Crippen molar-refractivity contribution in [2.24, 2.45) is 0 Å². The second kappa shape index (κ2) is 38.8. The van der Waals surface area contributed by atoms with Gasteiger partial charge in [0.1, 0.15) is 31.0 Å². The van der Waals surface area contributed by atoms with E-state index in [0.29, 0.717) is 6.42 Å². The van der Waals surface area contributed by atoms with E-state index in [1.165, 1.54) is 70.3 Å². The fourth-order valence-corrected chi connectivity index (χ4v) is 6.07. The molecular weight excluding hydrogens is 749 g/mol. The van der Waals surface area contributed by atoms with Crippen molar-refractivity contribution in [3.63, 3.8) is 0 Å². The number of unbranched alkanes of at least 4 members (excludes halogenated alkanes) is 11. The van der Waals surface area contributed by atoms with Crippen molar-refractivity contribution < 1.29 is 49.0 Å². The van der Waals surface area contributed by atoms with Gasteiger partial charge in [0, 0.05) is 12.5 Å². The third kappa shape index (κ3) is 30.3. The minimum atomic E-state index is -1.63. The zero-order valence-corrected chi connectivity index (χ0v) is 36.2. The van der Waals surface area contributed by atoms with Gasteiger partial charge in [0.2, 0.25) is 0 Å². The van der Waals surface area contributed by atoms with E-state index in [1.807, 2.05) is 24.3 Å². The van der Waals surface area contributed by atoms with Crippen LogP contribution in [0, 0.1) is 0 Å². The summed E-state index contributed by atoms with van der Waals surface area (Å²) in [5, 5.41) is 40.0. The number of ether oxygens (including phenoxy) is 4. The summed E-state index contributed by atoms with van der Waals surface area (Å²) in [4.78, 5) is 25.2. The molecule has 0 aliphatic carbocycles. The summed E-state index contributed by atoms with van der Waals surface area (Å²) in [6, 6.07) is 0. The SMILES string of the molecule is CC/C=C/C/C=C/C/C=C/C/C=C/C/C=C/C/C=C/CCC(=O)O[C@H](COC(=O)/C=C/C=C/CCCCCCCCCCCCC)CO[C@@H]1O[C@H](CO)[C@H](O)C(O)C1O. The fourth-order valence-electron chi connectivity index (χ4n) is 6.07. The van der Waals surface area contributed by atoms with Crippen molar-refractivity contribution in [3.8, 4) is 0 Å². The number of rotatable bonds is 35. The first-order valence-electron chi connectivity index (χ1n) is 22.3. The van der Waals surface area contributed by atoms with Crippen LogP contribution in [0.5, 0.6) is 0 Å². The van der Waals surface area contributed by atoms with Gasteiger partial charge in [-0.2, -0.15) is 0 Å². The molecule has 0 saturated carbocycles. The summed E-state index contributed by atoms with van der Waals surface area (Å²) in [5.74, 6) is -1.17. The summed E-state index contributed by atoms with van der Waals surface area (Å²) >= 11 is 0. The first kappa shape index (κ1) is 53.6. The molecule has 1 fully saturated rings. The normalized spacial score (nSPS) is 20.9. The molecule has 10 heteroatoms. The minimum absolute atomic E-state index is 0.0798. The zero-order valence-electron chi connectivity index (χ0n) is 36.2. The van der Waals surface area contributed by atoms with E-state index in [0.717, 1.165) is 51.4 Å². The highest BCUT2D eigenvalue weighted by atomic mass is 16.7. The number of aliphatic hydroxyl groups excluding tert-OH is 4. The van der Waals surface area contributed by atoms with Crippen molar-refractivity contribution in [2.75, 3.05) is 19.8 Å². The Morgan fingerprint density at radius 1 is 0.593 bits per heavy atom. The number of carbonyl (C=O) groups excluding carboxylic acids is 2. The van der Waals surface area contributed by atoms with E-state index in [-0.39, 0.29) is 19.6 Å². The number of hydrogen-bond donors (Lipinski definition) is 4. The van der Waals surface area contributed by atoms with Gasteiger partial charge >= 0.3 is 11.9 Å². The number of carbonyl (C=O) groups is 2. The molecule has 2 unspecified atom stereocenters. The standard InChI is InChI=1S/C49H78O10/c1-3-5-7-9-11-13-15-17-19-20-21-22-24-26-28-30-32-34-36-38-45(52)58-42(41-57-49-48(55)47(54)46(53)43(39-50)59-49)40-56-44(51)37-35-33-31-29-27-25-23-18-16-14-12-10-8-6-4-2/h5,7,11,13,17,19,21-22,26,28,31-35,37,42-43,46-50,53-55H,3-4,6,8-10,12,14-16,18,20,23-25,27,29-30,36,38-41H2,1-2H3/b7-5+,13-11+,19-17+,22-21+,28-26+,33-31+,34-32+,37-35+/t42-,43-,46+,47?,48?,49-/m1/s1. The fraction of sp³-hybridized carbons (Fsp3) is 0.633. The van der Waals surface area contributed by atoms with E-state index in [4.69, 9.17) is 18.9 Å². The topological polar surface area (TPSA) is 152 Å². The monoisotopic (exact) mass is 827 g/mol. The first-order valence-corrected chi connectivity index (χ1v) is 22.3. The lowest BCUT2D eigenvalue weighted by Gasteiger charge is -2.39. The van der Waals surface area contributed by atoms with Crippen LogP contribution in [-0.2, 0) is 28.5 Å². The molecule has 10 nitrogen and oxygen atoms in total. The lowest BCUT2D eigenvalue weighted by molar-refractivity contribution is -0.305. The van der Waals surface area contributed by atoms with Gasteiger partial charge in [-0.1, -0.05) is 169 Å². The first-order chi connectivity index (χ1) is 28.8. The van der Waals surface area contributed by atoms with Crippen LogP contribution >= 0.6 is 0 Å². The van der Waals surface area contributed by atoms with Gasteiger partial charge in [0.05, 0.1) is 13.2 Å². The Kier molecular flexibility index (Phi) is 35.3. The highest BCUT2D eigenvalue weighted by Gasteiger charge is 2.44. The van der Waals surface area contributed by atoms with E-state index in [1.54, 1.807) is 6.08 Å². The van der Waals surface area contributed by atoms with E-state index in [9.17, 15) is 30.0 Å². The molecule has 1 saturated heterocycles. The van der Waals surface area contributed by atoms with Gasteiger partial charge in [0.15, 0.2) is 12.4 Å². The third-order valence-corrected chi connectivity index (χ3v) is 9.57. The van der Waals surface area contributed by atoms with Gasteiger partial charge in [-0.15, -0.1) is 0 Å². The van der Waals surface area contributed by atoms with E-state index >= 15 is 0 Å². The smallest absolute Gasteiger partial charge is 0.330 e. The molecule has 6 atom stereocenters. The molecule has 334 valence electrons. The third-order valence-electron chi connectivity index (χ3n) is 9.57. The largest absolute Gasteiger partial charge is 0.458 e. The maximum Gasteiger partial charge on any atom is 0.330 e. The second-order valence-corrected chi connectivity index (χ2v) is 14.8. The van der Waals surface area contributed by atoms with Crippen molar-refractivity contribution in [1.82, 2.24) is 0 Å². The number of esters is 2. The highest BCUT2D eigenvalue weighted by molar-refractivity contribution is 5.82. The molecule has 0 aromatic carbocycles. The molecular formula is C49H78O10. The lowest BCUT2D eigenvalue weighted by Crippen LogP contribution is -2.59. The molecule has 0 amide bonds. The van der Waals surface area contributed by atoms with Crippen LogP contribution in [0.1, 0.15) is 142 Å². The van der Waals surface area contributed by atoms with Crippen molar-refractivity contribution in [3.05, 3.63) is 97.2 Å². The molecule has 0 spiro atoms. The Balaban J connectivity index is 2.45. The molecule has 1 aliphatic rings. The average molecular weight is 827 g/mol. The Morgan fingerprint density at radius 3 is 1.66 bits per heavy atom. The van der Waals surface area contributed by atoms with Gasteiger partial charge in [-0.05, 0) is 57.8 Å². The summed E-state index contributed by atoms with van der Waals surface area (Å²) < 4.78 is 21.9. The molecule has 0 bridgehead atoms. The van der Waals surface area contributed by atoms with Crippen molar-refractivity contribution in [2.45, 2.75) is 179 Å². The number of aliphatic hydroxyl groups is 4. The Bertz CT molecular complexity index is 1280. The molecule has 0 radical (unpaired) electrons. The predicted molar refractivity (Wildman–Crippen MR) is 237 cm³/mol. The summed E-state index contributed by atoms with van der Waals surface area (Å²) in [6.07, 6.45) is 44.8. The Labute approximate surface area is 356 Å². The van der Waals surface area contributed by atoms with E-state index < -0.39 is 55.4 Å². The summed E-state index contributed by atoms with van der Waals surface area (Å²) in [6.45, 7) is 3.09. The maximum atomic E-state index is 12.7. The predicted octanol–water partition coefficient (Wildman–Crippen LogP) is 9.55. The van der Waals surface area contributed by atoms with Crippen LogP contribution in [-0.4, -0.2) is 89.0 Å². The highest BCUT2D eigenvalue weighted by Crippen LogP contribution is 2.22. The minimum Gasteiger partial charge on any atom is -0.458 e. The second-order valence-electron chi connectivity index (χ2n) is 14.8. The van der Waals surface area contributed by atoms with Gasteiger partial charge < -0.3 is 39.4 Å². The van der Waals surface area contributed by atoms with Crippen LogP contribution in [0.15, 0.2) is 97.2 Å². The quantitative estimate of drug-likeness (QED) is 0.0160. The molecule has 1 aliphatic heterocycles. The zero-order chi connectivity index (χ0) is 43.0. The van der Waals surface area contributed by atoms with Gasteiger partial charge in [-0.3, -0.25) is 4.79 Å². The summed E-state index contributed by atoms with van der Waals surface area (Å²) in [5.41, 5.74) is 0. The van der Waals surface area contributed by atoms with E-state index in [2.05, 4.69) is 74.6 Å². The van der Waals surface area contributed by atoms with Gasteiger partial charge in [-0.25, -0.2) is 4.79 Å². The maximum absolute atomic E-state index is 12.7. The van der Waals surface area contributed by atoms with Crippen LogP contribution in [0.25, 0.3) is 0 Å². The van der Waals surface area contributed by atoms with Crippen LogP contribution in [0.2, 0.25) is 0 Å². The molecule has 1 rings (SSSR count). The Hall–Kier alpha value is -3.38. The molecule has 0 aromatic rings. The lowest BCUT2D eigenvalue weighted by atomic mass is 9.99. The van der Waals surface area contributed by atoms with Crippen LogP contribution < -0.4 is 0 Å². The number of allylic oxidation sites excluding steroid dienone is 15. The van der Waals surface area contributed by atoms with Gasteiger partial charge in [0.25, 0.3) is 0 Å². The molecule has 1 heterocycles.